The van der Waals surface area contributed by atoms with Gasteiger partial charge in [-0.15, -0.1) is 0 Å². The van der Waals surface area contributed by atoms with E-state index in [2.05, 4.69) is 28.7 Å². The first-order valence-electron chi connectivity index (χ1n) is 6.49. The summed E-state index contributed by atoms with van der Waals surface area (Å²) in [6.45, 7) is 6.76. The van der Waals surface area contributed by atoms with Crippen LogP contribution in [0.1, 0.15) is 33.1 Å². The Morgan fingerprint density at radius 2 is 2.18 bits per heavy atom. The van der Waals surface area contributed by atoms with Crippen LogP contribution in [-0.4, -0.2) is 23.1 Å². The topological polar surface area (TPSA) is 55.0 Å². The molecule has 1 aromatic heterocycles. The molecule has 0 bridgehead atoms. The van der Waals surface area contributed by atoms with Crippen LogP contribution in [0, 0.1) is 11.8 Å². The van der Waals surface area contributed by atoms with E-state index in [4.69, 9.17) is 5.73 Å². The molecule has 4 nitrogen and oxygen atoms in total. The van der Waals surface area contributed by atoms with Gasteiger partial charge in [0.25, 0.3) is 0 Å². The second-order valence-electron chi connectivity index (χ2n) is 5.22. The zero-order chi connectivity index (χ0) is 12.3. The summed E-state index contributed by atoms with van der Waals surface area (Å²) < 4.78 is 0. The third-order valence-corrected chi connectivity index (χ3v) is 3.73. The number of anilines is 2. The predicted octanol–water partition coefficient (Wildman–Crippen LogP) is 2.32. The Morgan fingerprint density at radius 3 is 2.88 bits per heavy atom. The van der Waals surface area contributed by atoms with E-state index in [9.17, 15) is 0 Å². The Kier molecular flexibility index (Phi) is 3.82. The number of nitrogen functional groups attached to an aromatic ring is 1. The van der Waals surface area contributed by atoms with Crippen LogP contribution in [0.2, 0.25) is 0 Å². The monoisotopic (exact) mass is 234 g/mol. The first kappa shape index (κ1) is 12.1. The zero-order valence-corrected chi connectivity index (χ0v) is 10.8. The van der Waals surface area contributed by atoms with Crippen molar-refractivity contribution in [2.75, 3.05) is 23.7 Å². The summed E-state index contributed by atoms with van der Waals surface area (Å²) >= 11 is 0. The van der Waals surface area contributed by atoms with Crippen molar-refractivity contribution in [2.24, 2.45) is 11.8 Å². The Bertz CT molecular complexity index is 364. The lowest BCUT2D eigenvalue weighted by Gasteiger charge is -2.23. The maximum atomic E-state index is 5.93. The number of hydrogen-bond acceptors (Lipinski definition) is 4. The highest BCUT2D eigenvalue weighted by Crippen LogP contribution is 2.28. The lowest BCUT2D eigenvalue weighted by Crippen LogP contribution is -2.26. The summed E-state index contributed by atoms with van der Waals surface area (Å²) in [5, 5.41) is 0. The Hall–Kier alpha value is -1.32. The van der Waals surface area contributed by atoms with E-state index in [1.165, 1.54) is 19.3 Å². The minimum absolute atomic E-state index is 0.690. The van der Waals surface area contributed by atoms with Gasteiger partial charge >= 0.3 is 0 Å². The molecule has 1 atom stereocenters. The first-order valence-corrected chi connectivity index (χ1v) is 6.49. The van der Waals surface area contributed by atoms with Gasteiger partial charge in [-0.3, -0.25) is 0 Å². The molecule has 2 N–H and O–H groups in total. The highest BCUT2D eigenvalue weighted by atomic mass is 15.2. The number of hydrogen-bond donors (Lipinski definition) is 1. The van der Waals surface area contributed by atoms with Gasteiger partial charge in [0, 0.05) is 13.1 Å². The molecule has 0 amide bonds. The number of nitrogens with two attached hydrogens (primary N) is 1. The molecule has 1 aliphatic heterocycles. The van der Waals surface area contributed by atoms with E-state index in [0.717, 1.165) is 30.7 Å². The van der Waals surface area contributed by atoms with Gasteiger partial charge in [-0.2, -0.15) is 0 Å². The molecule has 0 spiro atoms. The van der Waals surface area contributed by atoms with Crippen molar-refractivity contribution in [3.63, 3.8) is 0 Å². The van der Waals surface area contributed by atoms with E-state index in [1.807, 2.05) is 0 Å². The van der Waals surface area contributed by atoms with E-state index >= 15 is 0 Å². The number of nitrogens with zero attached hydrogens (tertiary/aromatic N) is 3. The molecular weight excluding hydrogens is 212 g/mol. The Labute approximate surface area is 103 Å². The molecule has 1 fully saturated rings. The van der Waals surface area contributed by atoms with Crippen LogP contribution in [0.4, 0.5) is 11.5 Å². The third-order valence-electron chi connectivity index (χ3n) is 3.73. The van der Waals surface area contributed by atoms with Crippen molar-refractivity contribution >= 4 is 11.5 Å². The average molecular weight is 234 g/mol. The molecule has 1 saturated heterocycles. The smallest absolute Gasteiger partial charge is 0.155 e. The van der Waals surface area contributed by atoms with Crippen LogP contribution in [0.25, 0.3) is 0 Å². The molecule has 1 aromatic rings. The molecule has 4 heteroatoms. The lowest BCUT2D eigenvalue weighted by molar-refractivity contribution is 0.351. The molecule has 94 valence electrons. The fourth-order valence-electron chi connectivity index (χ4n) is 2.60. The van der Waals surface area contributed by atoms with Gasteiger partial charge in [0.15, 0.2) is 5.82 Å². The minimum Gasteiger partial charge on any atom is -0.394 e. The van der Waals surface area contributed by atoms with Crippen molar-refractivity contribution in [1.82, 2.24) is 9.97 Å². The van der Waals surface area contributed by atoms with Crippen LogP contribution < -0.4 is 10.6 Å². The highest BCUT2D eigenvalue weighted by Gasteiger charge is 2.21. The van der Waals surface area contributed by atoms with Crippen LogP contribution >= 0.6 is 0 Å². The van der Waals surface area contributed by atoms with Crippen LogP contribution in [0.15, 0.2) is 12.5 Å². The summed E-state index contributed by atoms with van der Waals surface area (Å²) in [5.74, 6) is 2.52. The predicted molar refractivity (Wildman–Crippen MR) is 70.8 cm³/mol. The Balaban J connectivity index is 2.07. The summed E-state index contributed by atoms with van der Waals surface area (Å²) in [6.07, 6.45) is 7.05. The van der Waals surface area contributed by atoms with Crippen molar-refractivity contribution in [3.8, 4) is 0 Å². The van der Waals surface area contributed by atoms with Gasteiger partial charge in [-0.25, -0.2) is 9.97 Å². The lowest BCUT2D eigenvalue weighted by atomic mass is 9.89. The molecule has 0 saturated carbocycles. The van der Waals surface area contributed by atoms with Gasteiger partial charge in [0.05, 0.1) is 11.9 Å². The molecule has 2 rings (SSSR count). The SMILES string of the molecule is CC(C)C1CCCN(c2ncncc2N)CC1. The molecule has 2 heterocycles. The van der Waals surface area contributed by atoms with Gasteiger partial charge in [-0.1, -0.05) is 13.8 Å². The second-order valence-corrected chi connectivity index (χ2v) is 5.22. The van der Waals surface area contributed by atoms with Crippen molar-refractivity contribution < 1.29 is 0 Å². The van der Waals surface area contributed by atoms with Gasteiger partial charge < -0.3 is 10.6 Å². The van der Waals surface area contributed by atoms with Crippen LogP contribution in [-0.2, 0) is 0 Å². The zero-order valence-electron chi connectivity index (χ0n) is 10.8. The largest absolute Gasteiger partial charge is 0.394 e. The second kappa shape index (κ2) is 5.34. The molecule has 0 aliphatic carbocycles. The fourth-order valence-corrected chi connectivity index (χ4v) is 2.60. The maximum absolute atomic E-state index is 5.93. The normalized spacial score (nSPS) is 21.6. The standard InChI is InChI=1S/C13H22N4/c1-10(2)11-4-3-6-17(7-5-11)13-12(14)8-15-9-16-13/h8-11H,3-7,14H2,1-2H3. The average Bonchev–Trinajstić information content (AvgIpc) is 2.55. The van der Waals surface area contributed by atoms with E-state index in [1.54, 1.807) is 12.5 Å². The van der Waals surface area contributed by atoms with Gasteiger partial charge in [0.1, 0.15) is 6.33 Å². The Morgan fingerprint density at radius 1 is 1.35 bits per heavy atom. The van der Waals surface area contributed by atoms with Crippen molar-refractivity contribution in [2.45, 2.75) is 33.1 Å². The van der Waals surface area contributed by atoms with Gasteiger partial charge in [0.2, 0.25) is 0 Å². The minimum atomic E-state index is 0.690. The van der Waals surface area contributed by atoms with E-state index in [-0.39, 0.29) is 0 Å². The van der Waals surface area contributed by atoms with Crippen LogP contribution in [0.3, 0.4) is 0 Å². The van der Waals surface area contributed by atoms with Crippen LogP contribution in [0.5, 0.6) is 0 Å². The van der Waals surface area contributed by atoms with Gasteiger partial charge in [-0.05, 0) is 31.1 Å². The first-order chi connectivity index (χ1) is 8.18. The quantitative estimate of drug-likeness (QED) is 0.853. The third kappa shape index (κ3) is 2.87. The molecule has 1 aliphatic rings. The van der Waals surface area contributed by atoms with Crippen molar-refractivity contribution in [3.05, 3.63) is 12.5 Å². The summed E-state index contributed by atoms with van der Waals surface area (Å²) in [5.41, 5.74) is 6.62. The molecule has 17 heavy (non-hydrogen) atoms. The van der Waals surface area contributed by atoms with E-state index < -0.39 is 0 Å². The fraction of sp³-hybridized carbons (Fsp3) is 0.692. The van der Waals surface area contributed by atoms with E-state index in [0.29, 0.717) is 5.69 Å². The molecule has 0 aromatic carbocycles. The molecule has 1 unspecified atom stereocenters. The maximum Gasteiger partial charge on any atom is 0.155 e. The molecule has 0 radical (unpaired) electrons. The summed E-state index contributed by atoms with van der Waals surface area (Å²) in [7, 11) is 0. The van der Waals surface area contributed by atoms with Crippen molar-refractivity contribution in [1.29, 1.82) is 0 Å². The summed E-state index contributed by atoms with van der Waals surface area (Å²) in [4.78, 5) is 10.6. The number of aromatic nitrogens is 2. The molecular formula is C13H22N4. The highest BCUT2D eigenvalue weighted by molar-refractivity contribution is 5.60. The summed E-state index contributed by atoms with van der Waals surface area (Å²) in [6, 6.07) is 0. The number of rotatable bonds is 2.